The van der Waals surface area contributed by atoms with Crippen LogP contribution in [0.3, 0.4) is 0 Å². The van der Waals surface area contributed by atoms with E-state index in [1.54, 1.807) is 12.1 Å². The average Bonchev–Trinajstić information content (AvgIpc) is 2.96. The first-order valence-corrected chi connectivity index (χ1v) is 7.28. The molecule has 0 saturated heterocycles. The molecule has 1 fully saturated rings. The summed E-state index contributed by atoms with van der Waals surface area (Å²) >= 11 is 0. The normalized spacial score (nSPS) is 15.7. The molecule has 0 unspecified atom stereocenters. The van der Waals surface area contributed by atoms with E-state index >= 15 is 0 Å². The molecule has 0 spiro atoms. The first-order chi connectivity index (χ1) is 9.84. The molecule has 20 heavy (non-hydrogen) atoms. The zero-order valence-corrected chi connectivity index (χ0v) is 11.5. The van der Waals surface area contributed by atoms with Crippen LogP contribution in [0.15, 0.2) is 42.6 Å². The van der Waals surface area contributed by atoms with E-state index < -0.39 is 0 Å². The molecule has 2 aromatic rings. The van der Waals surface area contributed by atoms with E-state index in [4.69, 9.17) is 0 Å². The molecule has 0 aliphatic heterocycles. The number of benzene rings is 1. The smallest absolute Gasteiger partial charge is 0.138 e. The van der Waals surface area contributed by atoms with Gasteiger partial charge in [-0.3, -0.25) is 0 Å². The minimum absolute atomic E-state index is 0.254. The van der Waals surface area contributed by atoms with Crippen LogP contribution in [0.2, 0.25) is 0 Å². The fourth-order valence-electron chi connectivity index (χ4n) is 2.87. The summed E-state index contributed by atoms with van der Waals surface area (Å²) in [5.41, 5.74) is 1.45. The van der Waals surface area contributed by atoms with Crippen LogP contribution in [0.5, 0.6) is 0 Å². The van der Waals surface area contributed by atoms with E-state index in [9.17, 15) is 4.39 Å². The van der Waals surface area contributed by atoms with Gasteiger partial charge in [-0.05, 0) is 43.0 Å². The number of rotatable bonds is 1. The molecule has 1 saturated carbocycles. The summed E-state index contributed by atoms with van der Waals surface area (Å²) in [7, 11) is 0. The van der Waals surface area contributed by atoms with Crippen molar-refractivity contribution in [3.63, 3.8) is 0 Å². The van der Waals surface area contributed by atoms with Crippen molar-refractivity contribution >= 4 is 0 Å². The van der Waals surface area contributed by atoms with Crippen molar-refractivity contribution in [1.29, 1.82) is 0 Å². The molecule has 0 bridgehead atoms. The lowest BCUT2D eigenvalue weighted by molar-refractivity contribution is 0.352. The Morgan fingerprint density at radius 2 is 1.75 bits per heavy atom. The van der Waals surface area contributed by atoms with E-state index in [2.05, 4.69) is 22.6 Å². The van der Waals surface area contributed by atoms with Crippen LogP contribution in [-0.4, -0.2) is 4.57 Å². The molecule has 0 amide bonds. The van der Waals surface area contributed by atoms with Gasteiger partial charge < -0.3 is 4.57 Å². The quantitative estimate of drug-likeness (QED) is 0.669. The Balaban J connectivity index is 1.86. The van der Waals surface area contributed by atoms with E-state index in [0.717, 1.165) is 5.69 Å². The van der Waals surface area contributed by atoms with Gasteiger partial charge in [-0.2, -0.15) is 0 Å². The maximum absolute atomic E-state index is 13.6. The van der Waals surface area contributed by atoms with Gasteiger partial charge in [0.05, 0.1) is 11.3 Å². The van der Waals surface area contributed by atoms with Crippen LogP contribution < -0.4 is 0 Å². The molecule has 1 aromatic heterocycles. The highest BCUT2D eigenvalue weighted by Gasteiger charge is 2.16. The lowest BCUT2D eigenvalue weighted by Crippen LogP contribution is -2.13. The van der Waals surface area contributed by atoms with Crippen LogP contribution in [-0.2, 0) is 0 Å². The minimum Gasteiger partial charge on any atom is -0.338 e. The third-order valence-electron chi connectivity index (χ3n) is 3.95. The maximum Gasteiger partial charge on any atom is 0.138 e. The summed E-state index contributed by atoms with van der Waals surface area (Å²) in [6.45, 7) is 0. The number of aromatic nitrogens is 1. The first-order valence-electron chi connectivity index (χ1n) is 7.28. The van der Waals surface area contributed by atoms with Crippen molar-refractivity contribution in [3.05, 3.63) is 59.7 Å². The molecule has 102 valence electrons. The highest BCUT2D eigenvalue weighted by molar-refractivity contribution is 5.41. The summed E-state index contributed by atoms with van der Waals surface area (Å²) < 4.78 is 15.8. The maximum atomic E-state index is 13.6. The van der Waals surface area contributed by atoms with Gasteiger partial charge in [0, 0.05) is 12.2 Å². The van der Waals surface area contributed by atoms with Crippen LogP contribution in [0.25, 0.3) is 0 Å². The Kier molecular flexibility index (Phi) is 3.87. The van der Waals surface area contributed by atoms with Crippen LogP contribution in [0.4, 0.5) is 4.39 Å². The Labute approximate surface area is 119 Å². The van der Waals surface area contributed by atoms with E-state index in [0.29, 0.717) is 11.6 Å². The summed E-state index contributed by atoms with van der Waals surface area (Å²) in [4.78, 5) is 0. The fraction of sp³-hybridized carbons (Fsp3) is 0.333. The van der Waals surface area contributed by atoms with Gasteiger partial charge >= 0.3 is 0 Å². The average molecular weight is 267 g/mol. The van der Waals surface area contributed by atoms with Crippen LogP contribution in [0, 0.1) is 17.7 Å². The SMILES string of the molecule is Fc1ccccc1C#Cc1cccn1C1CCCCC1. The second-order valence-electron chi connectivity index (χ2n) is 5.32. The summed E-state index contributed by atoms with van der Waals surface area (Å²) in [6, 6.07) is 11.3. The predicted octanol–water partition coefficient (Wildman–Crippen LogP) is 4.53. The van der Waals surface area contributed by atoms with E-state index in [1.165, 1.54) is 38.2 Å². The number of hydrogen-bond acceptors (Lipinski definition) is 0. The van der Waals surface area contributed by atoms with Crippen molar-refractivity contribution in [2.45, 2.75) is 38.1 Å². The second-order valence-corrected chi connectivity index (χ2v) is 5.32. The topological polar surface area (TPSA) is 4.93 Å². The number of halogens is 1. The van der Waals surface area contributed by atoms with Crippen molar-refractivity contribution in [1.82, 2.24) is 4.57 Å². The van der Waals surface area contributed by atoms with Gasteiger partial charge in [0.15, 0.2) is 0 Å². The molecule has 0 N–H and O–H groups in total. The third kappa shape index (κ3) is 2.77. The monoisotopic (exact) mass is 267 g/mol. The molecule has 1 heterocycles. The predicted molar refractivity (Wildman–Crippen MR) is 78.9 cm³/mol. The van der Waals surface area contributed by atoms with Gasteiger partial charge in [-0.25, -0.2) is 4.39 Å². The van der Waals surface area contributed by atoms with Gasteiger partial charge in [0.1, 0.15) is 5.82 Å². The van der Waals surface area contributed by atoms with E-state index in [-0.39, 0.29) is 5.82 Å². The van der Waals surface area contributed by atoms with Crippen molar-refractivity contribution in [2.24, 2.45) is 0 Å². The molecular formula is C18H18FN. The molecule has 1 aromatic carbocycles. The van der Waals surface area contributed by atoms with Gasteiger partial charge in [-0.15, -0.1) is 0 Å². The number of hydrogen-bond donors (Lipinski definition) is 0. The zero-order valence-electron chi connectivity index (χ0n) is 11.5. The molecule has 0 atom stereocenters. The molecule has 0 radical (unpaired) electrons. The lowest BCUT2D eigenvalue weighted by Gasteiger charge is -2.24. The first kappa shape index (κ1) is 13.0. The molecule has 3 rings (SSSR count). The standard InChI is InChI=1S/C18H18FN/c19-18-11-5-4-7-15(18)12-13-17-10-6-14-20(17)16-8-2-1-3-9-16/h4-7,10-11,14,16H,1-3,8-9H2. The Morgan fingerprint density at radius 1 is 0.950 bits per heavy atom. The zero-order chi connectivity index (χ0) is 13.8. The van der Waals surface area contributed by atoms with Gasteiger partial charge in [0.25, 0.3) is 0 Å². The molecule has 1 nitrogen and oxygen atoms in total. The van der Waals surface area contributed by atoms with Gasteiger partial charge in [-0.1, -0.05) is 37.3 Å². The Bertz CT molecular complexity index is 639. The largest absolute Gasteiger partial charge is 0.338 e. The molecule has 1 aliphatic rings. The van der Waals surface area contributed by atoms with Crippen molar-refractivity contribution < 1.29 is 4.39 Å². The highest BCUT2D eigenvalue weighted by Crippen LogP contribution is 2.29. The molecule has 2 heteroatoms. The molecular weight excluding hydrogens is 249 g/mol. The summed E-state index contributed by atoms with van der Waals surface area (Å²) in [5, 5.41) is 0. The third-order valence-corrected chi connectivity index (χ3v) is 3.95. The van der Waals surface area contributed by atoms with Crippen LogP contribution >= 0.6 is 0 Å². The molecule has 1 aliphatic carbocycles. The minimum atomic E-state index is -0.254. The Morgan fingerprint density at radius 3 is 2.55 bits per heavy atom. The highest BCUT2D eigenvalue weighted by atomic mass is 19.1. The summed E-state index contributed by atoms with van der Waals surface area (Å²) in [6.07, 6.45) is 8.48. The lowest BCUT2D eigenvalue weighted by atomic mass is 9.95. The Hall–Kier alpha value is -2.01. The fourth-order valence-corrected chi connectivity index (χ4v) is 2.87. The van der Waals surface area contributed by atoms with E-state index in [1.807, 2.05) is 18.2 Å². The van der Waals surface area contributed by atoms with Gasteiger partial charge in [0.2, 0.25) is 0 Å². The summed E-state index contributed by atoms with van der Waals surface area (Å²) in [5.74, 6) is 5.82. The van der Waals surface area contributed by atoms with Crippen LogP contribution in [0.1, 0.15) is 49.4 Å². The van der Waals surface area contributed by atoms with Crippen molar-refractivity contribution in [3.8, 4) is 11.8 Å². The number of nitrogens with zero attached hydrogens (tertiary/aromatic N) is 1. The van der Waals surface area contributed by atoms with Crippen molar-refractivity contribution in [2.75, 3.05) is 0 Å². The second kappa shape index (κ2) is 5.96.